The van der Waals surface area contributed by atoms with Crippen molar-refractivity contribution < 1.29 is 27.9 Å². The molecule has 1 aromatic heterocycles. The Kier molecular flexibility index (Phi) is 4.20. The molecule has 0 bridgehead atoms. The number of halogens is 2. The summed E-state index contributed by atoms with van der Waals surface area (Å²) >= 11 is 0. The minimum absolute atomic E-state index is 0.111. The van der Waals surface area contributed by atoms with Gasteiger partial charge in [0.05, 0.1) is 5.56 Å². The number of hydrogen-bond donors (Lipinski definition) is 2. The molecule has 126 valence electrons. The van der Waals surface area contributed by atoms with Gasteiger partial charge in [-0.25, -0.2) is 13.6 Å². The number of aromatic carboxylic acids is 1. The molecule has 1 unspecified atom stereocenters. The monoisotopic (exact) mass is 336 g/mol. The van der Waals surface area contributed by atoms with Crippen molar-refractivity contribution in [3.05, 3.63) is 53.5 Å². The first kappa shape index (κ1) is 16.0. The van der Waals surface area contributed by atoms with Crippen LogP contribution >= 0.6 is 0 Å². The molecule has 0 saturated carbocycles. The third kappa shape index (κ3) is 3.08. The van der Waals surface area contributed by atoms with Crippen molar-refractivity contribution in [1.82, 2.24) is 5.32 Å². The Morgan fingerprint density at radius 2 is 2.00 bits per heavy atom. The highest BCUT2D eigenvalue weighted by Crippen LogP contribution is 2.26. The lowest BCUT2D eigenvalue weighted by Gasteiger charge is -2.20. The number of nitrogens with zero attached hydrogens (tertiary/aromatic N) is 1. The van der Waals surface area contributed by atoms with Gasteiger partial charge in [0.25, 0.3) is 5.91 Å². The number of carbonyl (C=O) groups excluding carboxylic acids is 1. The lowest BCUT2D eigenvalue weighted by molar-refractivity contribution is 0.0695. The summed E-state index contributed by atoms with van der Waals surface area (Å²) in [5.41, 5.74) is -0.234. The Hall–Kier alpha value is -2.90. The summed E-state index contributed by atoms with van der Waals surface area (Å²) in [5, 5.41) is 11.5. The lowest BCUT2D eigenvalue weighted by Crippen LogP contribution is -2.37. The minimum Gasteiger partial charge on any atom is -0.478 e. The average Bonchev–Trinajstić information content (AvgIpc) is 3.16. The van der Waals surface area contributed by atoms with Gasteiger partial charge in [-0.15, -0.1) is 0 Å². The van der Waals surface area contributed by atoms with Crippen molar-refractivity contribution in [2.24, 2.45) is 0 Å². The Morgan fingerprint density at radius 3 is 2.62 bits per heavy atom. The zero-order chi connectivity index (χ0) is 17.3. The number of rotatable bonds is 4. The summed E-state index contributed by atoms with van der Waals surface area (Å²) in [6, 6.07) is 4.46. The first-order valence-electron chi connectivity index (χ1n) is 7.27. The molecule has 1 saturated heterocycles. The van der Waals surface area contributed by atoms with E-state index in [0.717, 1.165) is 12.3 Å². The molecule has 1 amide bonds. The topological polar surface area (TPSA) is 82.8 Å². The fourth-order valence-corrected chi connectivity index (χ4v) is 2.70. The van der Waals surface area contributed by atoms with Gasteiger partial charge in [0.1, 0.15) is 23.6 Å². The van der Waals surface area contributed by atoms with E-state index < -0.39 is 23.5 Å². The average molecular weight is 336 g/mol. The molecule has 1 fully saturated rings. The first-order chi connectivity index (χ1) is 11.5. The maximum atomic E-state index is 13.8. The summed E-state index contributed by atoms with van der Waals surface area (Å²) in [5.74, 6) is -3.19. The van der Waals surface area contributed by atoms with Crippen LogP contribution in [0.4, 0.5) is 14.5 Å². The predicted molar refractivity (Wildman–Crippen MR) is 80.1 cm³/mol. The van der Waals surface area contributed by atoms with Crippen LogP contribution in [0.25, 0.3) is 0 Å². The number of anilines is 1. The lowest BCUT2D eigenvalue weighted by atomic mass is 10.2. The minimum atomic E-state index is -1.19. The highest BCUT2D eigenvalue weighted by Gasteiger charge is 2.28. The number of benzene rings is 1. The zero-order valence-corrected chi connectivity index (χ0v) is 12.5. The second-order valence-electron chi connectivity index (χ2n) is 5.48. The smallest absolute Gasteiger partial charge is 0.338 e. The van der Waals surface area contributed by atoms with Crippen molar-refractivity contribution in [2.75, 3.05) is 18.0 Å². The molecule has 6 nitrogen and oxygen atoms in total. The molecule has 2 N–H and O–H groups in total. The maximum absolute atomic E-state index is 13.8. The number of para-hydroxylation sites is 1. The molecular formula is C16H14F2N2O4. The molecule has 0 aliphatic carbocycles. The van der Waals surface area contributed by atoms with Crippen LogP contribution in [0, 0.1) is 11.6 Å². The Bertz CT molecular complexity index is 770. The van der Waals surface area contributed by atoms with Gasteiger partial charge in [0, 0.05) is 25.2 Å². The maximum Gasteiger partial charge on any atom is 0.338 e. The molecule has 2 aromatic rings. The highest BCUT2D eigenvalue weighted by molar-refractivity contribution is 5.95. The van der Waals surface area contributed by atoms with Crippen molar-refractivity contribution in [3.63, 3.8) is 0 Å². The number of furan rings is 1. The van der Waals surface area contributed by atoms with Gasteiger partial charge in [-0.1, -0.05) is 6.07 Å². The van der Waals surface area contributed by atoms with Crippen LogP contribution in [0.3, 0.4) is 0 Å². The number of amides is 1. The molecule has 1 atom stereocenters. The van der Waals surface area contributed by atoms with E-state index in [0.29, 0.717) is 13.0 Å². The molecule has 3 rings (SSSR count). The van der Waals surface area contributed by atoms with E-state index in [1.807, 2.05) is 0 Å². The molecule has 0 spiro atoms. The van der Waals surface area contributed by atoms with Crippen LogP contribution in [-0.4, -0.2) is 36.1 Å². The predicted octanol–water partition coefficient (Wildman–Crippen LogP) is 2.26. The normalized spacial score (nSPS) is 17.1. The third-order valence-electron chi connectivity index (χ3n) is 3.85. The molecular weight excluding hydrogens is 322 g/mol. The molecule has 8 heteroatoms. The van der Waals surface area contributed by atoms with E-state index >= 15 is 0 Å². The Balaban J connectivity index is 1.65. The second-order valence-corrected chi connectivity index (χ2v) is 5.48. The summed E-state index contributed by atoms with van der Waals surface area (Å²) in [6.45, 7) is 0.636. The third-order valence-corrected chi connectivity index (χ3v) is 3.85. The van der Waals surface area contributed by atoms with Crippen molar-refractivity contribution >= 4 is 17.6 Å². The van der Waals surface area contributed by atoms with Crippen LogP contribution in [0.5, 0.6) is 0 Å². The standard InChI is InChI=1S/C16H14F2N2O4/c17-11-2-1-3-12(18)14(11)20-5-4-10(7-20)19-15(21)13-6-9(8-24-13)16(22)23/h1-3,6,8,10H,4-5,7H2,(H,19,21)(H,22,23). The van der Waals surface area contributed by atoms with Gasteiger partial charge in [0.2, 0.25) is 0 Å². The number of hydrogen-bond acceptors (Lipinski definition) is 4. The fourth-order valence-electron chi connectivity index (χ4n) is 2.70. The van der Waals surface area contributed by atoms with Gasteiger partial charge in [0.15, 0.2) is 5.76 Å². The highest BCUT2D eigenvalue weighted by atomic mass is 19.1. The molecule has 2 heterocycles. The van der Waals surface area contributed by atoms with Crippen molar-refractivity contribution in [2.45, 2.75) is 12.5 Å². The van der Waals surface area contributed by atoms with E-state index in [-0.39, 0.29) is 29.6 Å². The molecule has 0 radical (unpaired) electrons. The summed E-state index contributed by atoms with van der Waals surface area (Å²) in [6.07, 6.45) is 1.49. The number of carboxylic acid groups (broad SMARTS) is 1. The van der Waals surface area contributed by atoms with E-state index in [9.17, 15) is 18.4 Å². The second kappa shape index (κ2) is 6.31. The van der Waals surface area contributed by atoms with Gasteiger partial charge >= 0.3 is 5.97 Å². The molecule has 1 aliphatic heterocycles. The van der Waals surface area contributed by atoms with E-state index in [1.165, 1.54) is 23.1 Å². The van der Waals surface area contributed by atoms with Crippen LogP contribution in [0.15, 0.2) is 34.9 Å². The van der Waals surface area contributed by atoms with Gasteiger partial charge < -0.3 is 19.7 Å². The summed E-state index contributed by atoms with van der Waals surface area (Å²) < 4.78 is 32.5. The van der Waals surface area contributed by atoms with Crippen LogP contribution < -0.4 is 10.2 Å². The van der Waals surface area contributed by atoms with E-state index in [4.69, 9.17) is 9.52 Å². The summed E-state index contributed by atoms with van der Waals surface area (Å²) in [4.78, 5) is 24.4. The Labute approximate surface area is 135 Å². The zero-order valence-electron chi connectivity index (χ0n) is 12.5. The SMILES string of the molecule is O=C(O)c1coc(C(=O)NC2CCN(c3c(F)cccc3F)C2)c1. The number of carboxylic acids is 1. The van der Waals surface area contributed by atoms with E-state index in [2.05, 4.69) is 5.32 Å². The molecule has 1 aliphatic rings. The molecule has 1 aromatic carbocycles. The van der Waals surface area contributed by atoms with Gasteiger partial charge in [-0.05, 0) is 18.6 Å². The fraction of sp³-hybridized carbons (Fsp3) is 0.250. The van der Waals surface area contributed by atoms with Crippen molar-refractivity contribution in [1.29, 1.82) is 0 Å². The largest absolute Gasteiger partial charge is 0.478 e. The van der Waals surface area contributed by atoms with Crippen LogP contribution in [-0.2, 0) is 0 Å². The first-order valence-corrected chi connectivity index (χ1v) is 7.27. The number of nitrogens with one attached hydrogen (secondary N) is 1. The summed E-state index contributed by atoms with van der Waals surface area (Å²) in [7, 11) is 0. The van der Waals surface area contributed by atoms with Gasteiger partial charge in [-0.2, -0.15) is 0 Å². The number of carbonyl (C=O) groups is 2. The van der Waals surface area contributed by atoms with E-state index in [1.54, 1.807) is 0 Å². The van der Waals surface area contributed by atoms with Crippen LogP contribution in [0.1, 0.15) is 27.3 Å². The van der Waals surface area contributed by atoms with Crippen LogP contribution in [0.2, 0.25) is 0 Å². The molecule has 24 heavy (non-hydrogen) atoms. The Morgan fingerprint density at radius 1 is 1.29 bits per heavy atom. The van der Waals surface area contributed by atoms with Gasteiger partial charge in [-0.3, -0.25) is 4.79 Å². The quantitative estimate of drug-likeness (QED) is 0.895. The van der Waals surface area contributed by atoms with Crippen molar-refractivity contribution in [3.8, 4) is 0 Å².